The summed E-state index contributed by atoms with van der Waals surface area (Å²) in [5, 5.41) is 28.7. The van der Waals surface area contributed by atoms with Crippen LogP contribution in [-0.4, -0.2) is 42.3 Å². The van der Waals surface area contributed by atoms with Gasteiger partial charge in [0.15, 0.2) is 0 Å². The van der Waals surface area contributed by atoms with Crippen LogP contribution in [0.5, 0.6) is 0 Å². The maximum Gasteiger partial charge on any atom is 0.272 e. The van der Waals surface area contributed by atoms with Crippen LogP contribution in [0.25, 0.3) is 0 Å². The van der Waals surface area contributed by atoms with Crippen molar-refractivity contribution in [1.82, 2.24) is 4.72 Å². The van der Waals surface area contributed by atoms with Crippen LogP contribution < -0.4 is 4.72 Å². The number of sulfonamides is 1. The SMILES string of the molecule is CC(O)(CO)CNS(=O)(=O)c1ccc([N+](=O)[O-])cc1F. The number of non-ortho nitro benzene ring substituents is 1. The highest BCUT2D eigenvalue weighted by molar-refractivity contribution is 7.89. The molecule has 8 nitrogen and oxygen atoms in total. The number of nitrogens with one attached hydrogen (secondary N) is 1. The number of nitrogens with zero attached hydrogens (tertiary/aromatic N) is 1. The molecular formula is C10H13FN2O6S. The Morgan fingerprint density at radius 2 is 2.10 bits per heavy atom. The Bertz CT molecular complexity index is 616. The maximum atomic E-state index is 13.6. The number of hydrogen-bond acceptors (Lipinski definition) is 6. The van der Waals surface area contributed by atoms with Crippen LogP contribution in [0.4, 0.5) is 10.1 Å². The van der Waals surface area contributed by atoms with Gasteiger partial charge in [-0.2, -0.15) is 0 Å². The van der Waals surface area contributed by atoms with Gasteiger partial charge in [0, 0.05) is 12.6 Å². The van der Waals surface area contributed by atoms with E-state index in [4.69, 9.17) is 5.11 Å². The molecule has 0 aliphatic carbocycles. The lowest BCUT2D eigenvalue weighted by Gasteiger charge is -2.20. The van der Waals surface area contributed by atoms with E-state index in [1.54, 1.807) is 0 Å². The number of benzene rings is 1. The topological polar surface area (TPSA) is 130 Å². The van der Waals surface area contributed by atoms with Crippen molar-refractivity contribution in [2.75, 3.05) is 13.2 Å². The number of aliphatic hydroxyl groups excluding tert-OH is 1. The van der Waals surface area contributed by atoms with Gasteiger partial charge in [-0.15, -0.1) is 0 Å². The van der Waals surface area contributed by atoms with Crippen LogP contribution in [0.3, 0.4) is 0 Å². The van der Waals surface area contributed by atoms with E-state index in [2.05, 4.69) is 0 Å². The van der Waals surface area contributed by atoms with Gasteiger partial charge >= 0.3 is 0 Å². The molecule has 0 amide bonds. The van der Waals surface area contributed by atoms with E-state index < -0.39 is 50.1 Å². The lowest BCUT2D eigenvalue weighted by atomic mass is 10.1. The second-order valence-corrected chi connectivity index (χ2v) is 6.09. The molecule has 0 radical (unpaired) electrons. The van der Waals surface area contributed by atoms with E-state index in [-0.39, 0.29) is 0 Å². The number of nitro groups is 1. The summed E-state index contributed by atoms with van der Waals surface area (Å²) >= 11 is 0. The van der Waals surface area contributed by atoms with Crippen molar-refractivity contribution in [2.24, 2.45) is 0 Å². The van der Waals surface area contributed by atoms with Crippen molar-refractivity contribution in [1.29, 1.82) is 0 Å². The molecule has 0 saturated heterocycles. The van der Waals surface area contributed by atoms with Crippen LogP contribution >= 0.6 is 0 Å². The molecule has 0 aromatic heterocycles. The summed E-state index contributed by atoms with van der Waals surface area (Å²) in [7, 11) is -4.30. The number of rotatable bonds is 6. The molecule has 10 heteroatoms. The van der Waals surface area contributed by atoms with E-state index in [0.717, 1.165) is 12.1 Å². The first kappa shape index (κ1) is 16.4. The number of nitro benzene ring substituents is 1. The molecule has 1 unspecified atom stereocenters. The zero-order valence-corrected chi connectivity index (χ0v) is 11.2. The zero-order valence-electron chi connectivity index (χ0n) is 10.4. The fraction of sp³-hybridized carbons (Fsp3) is 0.400. The van der Waals surface area contributed by atoms with E-state index in [0.29, 0.717) is 6.07 Å². The van der Waals surface area contributed by atoms with Gasteiger partial charge in [0.05, 0.1) is 23.2 Å². The van der Waals surface area contributed by atoms with Gasteiger partial charge in [0.2, 0.25) is 10.0 Å². The summed E-state index contributed by atoms with van der Waals surface area (Å²) < 4.78 is 39.0. The van der Waals surface area contributed by atoms with Crippen LogP contribution in [0, 0.1) is 15.9 Å². The van der Waals surface area contributed by atoms with Gasteiger partial charge in [-0.05, 0) is 13.0 Å². The highest BCUT2D eigenvalue weighted by Crippen LogP contribution is 2.20. The molecule has 20 heavy (non-hydrogen) atoms. The predicted molar refractivity (Wildman–Crippen MR) is 66.0 cm³/mol. The van der Waals surface area contributed by atoms with E-state index >= 15 is 0 Å². The third kappa shape index (κ3) is 3.93. The Morgan fingerprint density at radius 3 is 2.55 bits per heavy atom. The Labute approximate surface area is 114 Å². The molecular weight excluding hydrogens is 295 g/mol. The minimum Gasteiger partial charge on any atom is -0.393 e. The Hall–Kier alpha value is -1.62. The summed E-state index contributed by atoms with van der Waals surface area (Å²) in [5.41, 5.74) is -2.28. The third-order valence-corrected chi connectivity index (χ3v) is 3.83. The highest BCUT2D eigenvalue weighted by atomic mass is 32.2. The van der Waals surface area contributed by atoms with Crippen molar-refractivity contribution in [2.45, 2.75) is 17.4 Å². The van der Waals surface area contributed by atoms with E-state index in [1.807, 2.05) is 4.72 Å². The van der Waals surface area contributed by atoms with Gasteiger partial charge < -0.3 is 10.2 Å². The highest BCUT2D eigenvalue weighted by Gasteiger charge is 2.26. The summed E-state index contributed by atoms with van der Waals surface area (Å²) in [6.45, 7) is -0.0533. The normalized spacial score (nSPS) is 14.8. The molecule has 1 aromatic rings. The molecule has 1 aromatic carbocycles. The molecule has 112 valence electrons. The van der Waals surface area contributed by atoms with Gasteiger partial charge in [0.25, 0.3) is 5.69 Å². The number of aliphatic hydroxyl groups is 2. The smallest absolute Gasteiger partial charge is 0.272 e. The largest absolute Gasteiger partial charge is 0.393 e. The number of halogens is 1. The first-order chi connectivity index (χ1) is 9.09. The van der Waals surface area contributed by atoms with Crippen molar-refractivity contribution in [3.05, 3.63) is 34.1 Å². The Kier molecular flexibility index (Phi) is 4.76. The van der Waals surface area contributed by atoms with Crippen molar-refractivity contribution < 1.29 is 27.9 Å². The third-order valence-electron chi connectivity index (χ3n) is 2.40. The molecule has 1 atom stereocenters. The average molecular weight is 308 g/mol. The zero-order chi connectivity index (χ0) is 15.6. The molecule has 0 fully saturated rings. The second-order valence-electron chi connectivity index (χ2n) is 4.35. The Balaban J connectivity index is 3.02. The summed E-state index contributed by atoms with van der Waals surface area (Å²) in [6.07, 6.45) is 0. The van der Waals surface area contributed by atoms with Crippen LogP contribution in [0.1, 0.15) is 6.92 Å². The Morgan fingerprint density at radius 1 is 1.50 bits per heavy atom. The van der Waals surface area contributed by atoms with E-state index in [9.17, 15) is 28.0 Å². The lowest BCUT2D eigenvalue weighted by Crippen LogP contribution is -2.43. The lowest BCUT2D eigenvalue weighted by molar-refractivity contribution is -0.385. The summed E-state index contributed by atoms with van der Waals surface area (Å²) in [6, 6.07) is 2.09. The number of hydrogen-bond donors (Lipinski definition) is 3. The van der Waals surface area contributed by atoms with Crippen LogP contribution in [-0.2, 0) is 10.0 Å². The maximum absolute atomic E-state index is 13.6. The van der Waals surface area contributed by atoms with E-state index in [1.165, 1.54) is 6.92 Å². The van der Waals surface area contributed by atoms with Crippen molar-refractivity contribution >= 4 is 15.7 Å². The van der Waals surface area contributed by atoms with Crippen LogP contribution in [0.2, 0.25) is 0 Å². The fourth-order valence-corrected chi connectivity index (χ4v) is 2.42. The molecule has 0 heterocycles. The molecule has 0 aliphatic rings. The summed E-state index contributed by atoms with van der Waals surface area (Å²) in [4.78, 5) is 8.78. The molecule has 0 bridgehead atoms. The van der Waals surface area contributed by atoms with Crippen molar-refractivity contribution in [3.8, 4) is 0 Å². The molecule has 3 N–H and O–H groups in total. The molecule has 0 saturated carbocycles. The van der Waals surface area contributed by atoms with Gasteiger partial charge in [-0.1, -0.05) is 0 Å². The molecule has 1 rings (SSSR count). The first-order valence-electron chi connectivity index (χ1n) is 5.36. The van der Waals surface area contributed by atoms with Gasteiger partial charge in [-0.25, -0.2) is 17.5 Å². The van der Waals surface area contributed by atoms with Crippen LogP contribution in [0.15, 0.2) is 23.1 Å². The summed E-state index contributed by atoms with van der Waals surface area (Å²) in [5.74, 6) is -1.28. The average Bonchev–Trinajstić information content (AvgIpc) is 2.36. The van der Waals surface area contributed by atoms with Gasteiger partial charge in [0.1, 0.15) is 10.7 Å². The quantitative estimate of drug-likeness (QED) is 0.491. The molecule has 0 aliphatic heterocycles. The predicted octanol–water partition coefficient (Wildman–Crippen LogP) is -0.244. The monoisotopic (exact) mass is 308 g/mol. The first-order valence-corrected chi connectivity index (χ1v) is 6.84. The van der Waals surface area contributed by atoms with Crippen molar-refractivity contribution in [3.63, 3.8) is 0 Å². The van der Waals surface area contributed by atoms with Gasteiger partial charge in [-0.3, -0.25) is 10.1 Å². The fourth-order valence-electron chi connectivity index (χ4n) is 1.21. The molecule has 0 spiro atoms. The minimum absolute atomic E-state index is 0.485. The second kappa shape index (κ2) is 5.79. The minimum atomic E-state index is -4.30. The standard InChI is InChI=1S/C10H13FN2O6S/c1-10(15,6-14)5-12-20(18,19)9-3-2-7(13(16)17)4-8(9)11/h2-4,12,14-15H,5-6H2,1H3.